The molecule has 0 heterocycles. The van der Waals surface area contributed by atoms with Crippen LogP contribution in [0.15, 0.2) is 40.9 Å². The number of carboxylic acid groups (broad SMARTS) is 1. The Bertz CT molecular complexity index is 725. The molecule has 1 N–H and O–H groups in total. The highest BCUT2D eigenvalue weighted by atomic mass is 79.9. The zero-order valence-corrected chi connectivity index (χ0v) is 11.5. The van der Waals surface area contributed by atoms with Gasteiger partial charge in [0.2, 0.25) is 0 Å². The molecule has 2 aromatic carbocycles. The molecule has 0 aliphatic carbocycles. The fourth-order valence-electron chi connectivity index (χ4n) is 1.55. The minimum Gasteiger partial charge on any atom is -0.478 e. The molecule has 0 saturated carbocycles. The van der Waals surface area contributed by atoms with Crippen LogP contribution in [-0.2, 0) is 0 Å². The minimum atomic E-state index is -1.31. The van der Waals surface area contributed by atoms with Crippen molar-refractivity contribution in [3.63, 3.8) is 0 Å². The van der Waals surface area contributed by atoms with E-state index in [2.05, 4.69) is 15.9 Å². The standard InChI is InChI=1S/C14H7BrFNO3/c15-9-2-1-8(7-17)13(5-9)20-12-4-3-10(16)6-11(12)14(18)19/h1-6H,(H,18,19). The predicted molar refractivity (Wildman–Crippen MR) is 72.3 cm³/mol. The molecule has 0 fully saturated rings. The van der Waals surface area contributed by atoms with Gasteiger partial charge in [0, 0.05) is 4.47 Å². The van der Waals surface area contributed by atoms with Crippen molar-refractivity contribution < 1.29 is 19.0 Å². The maximum atomic E-state index is 13.1. The van der Waals surface area contributed by atoms with E-state index < -0.39 is 11.8 Å². The van der Waals surface area contributed by atoms with Crippen molar-refractivity contribution in [1.29, 1.82) is 5.26 Å². The van der Waals surface area contributed by atoms with E-state index in [1.165, 1.54) is 18.2 Å². The topological polar surface area (TPSA) is 70.3 Å². The van der Waals surface area contributed by atoms with E-state index in [4.69, 9.17) is 15.1 Å². The molecule has 0 amide bonds. The molecule has 20 heavy (non-hydrogen) atoms. The summed E-state index contributed by atoms with van der Waals surface area (Å²) in [4.78, 5) is 11.1. The highest BCUT2D eigenvalue weighted by Crippen LogP contribution is 2.30. The molecule has 0 radical (unpaired) electrons. The molecule has 0 aliphatic heterocycles. The second-order valence-electron chi connectivity index (χ2n) is 3.80. The molecule has 2 rings (SSSR count). The van der Waals surface area contributed by atoms with Gasteiger partial charge < -0.3 is 9.84 Å². The molecule has 0 aromatic heterocycles. The first-order valence-corrected chi connectivity index (χ1v) is 6.21. The van der Waals surface area contributed by atoms with Gasteiger partial charge in [0.25, 0.3) is 0 Å². The lowest BCUT2D eigenvalue weighted by Crippen LogP contribution is -2.01. The monoisotopic (exact) mass is 335 g/mol. The average molecular weight is 336 g/mol. The predicted octanol–water partition coefficient (Wildman–Crippen LogP) is 3.95. The Morgan fingerprint density at radius 2 is 2.00 bits per heavy atom. The number of halogens is 2. The Kier molecular flexibility index (Phi) is 4.01. The van der Waals surface area contributed by atoms with Gasteiger partial charge in [0.1, 0.15) is 28.9 Å². The normalized spacial score (nSPS) is 9.85. The lowest BCUT2D eigenvalue weighted by atomic mass is 10.2. The maximum absolute atomic E-state index is 13.1. The summed E-state index contributed by atoms with van der Waals surface area (Å²) in [5, 5.41) is 18.0. The third-order valence-electron chi connectivity index (χ3n) is 2.46. The van der Waals surface area contributed by atoms with Gasteiger partial charge in [-0.3, -0.25) is 0 Å². The van der Waals surface area contributed by atoms with Crippen molar-refractivity contribution in [2.45, 2.75) is 0 Å². The van der Waals surface area contributed by atoms with E-state index >= 15 is 0 Å². The molecule has 6 heteroatoms. The molecule has 4 nitrogen and oxygen atoms in total. The van der Waals surface area contributed by atoms with Crippen LogP contribution in [0.1, 0.15) is 15.9 Å². The van der Waals surface area contributed by atoms with Gasteiger partial charge in [-0.1, -0.05) is 15.9 Å². The van der Waals surface area contributed by atoms with Crippen molar-refractivity contribution >= 4 is 21.9 Å². The summed E-state index contributed by atoms with van der Waals surface area (Å²) in [5.74, 6) is -1.83. The van der Waals surface area contributed by atoms with Gasteiger partial charge in [-0.2, -0.15) is 5.26 Å². The Hall–Kier alpha value is -2.39. The van der Waals surface area contributed by atoms with Crippen LogP contribution in [0.2, 0.25) is 0 Å². The number of aromatic carboxylic acids is 1. The molecule has 0 unspecified atom stereocenters. The molecule has 100 valence electrons. The highest BCUT2D eigenvalue weighted by molar-refractivity contribution is 9.10. The maximum Gasteiger partial charge on any atom is 0.339 e. The number of hydrogen-bond acceptors (Lipinski definition) is 3. The zero-order valence-electron chi connectivity index (χ0n) is 9.93. The molecule has 0 atom stereocenters. The smallest absolute Gasteiger partial charge is 0.339 e. The molecule has 0 spiro atoms. The number of carboxylic acids is 1. The molecule has 0 bridgehead atoms. The van der Waals surface area contributed by atoms with E-state index in [1.807, 2.05) is 6.07 Å². The largest absolute Gasteiger partial charge is 0.478 e. The number of ether oxygens (including phenoxy) is 1. The summed E-state index contributed by atoms with van der Waals surface area (Å²) in [6.07, 6.45) is 0. The molecule has 2 aromatic rings. The summed E-state index contributed by atoms with van der Waals surface area (Å²) in [6.45, 7) is 0. The van der Waals surface area contributed by atoms with Crippen LogP contribution in [0, 0.1) is 17.1 Å². The zero-order chi connectivity index (χ0) is 14.7. The Morgan fingerprint density at radius 1 is 1.25 bits per heavy atom. The second kappa shape index (κ2) is 5.72. The van der Waals surface area contributed by atoms with E-state index in [0.29, 0.717) is 4.47 Å². The summed E-state index contributed by atoms with van der Waals surface area (Å²) in [6, 6.07) is 9.82. The summed E-state index contributed by atoms with van der Waals surface area (Å²) < 4.78 is 19.2. The van der Waals surface area contributed by atoms with Gasteiger partial charge in [-0.15, -0.1) is 0 Å². The van der Waals surface area contributed by atoms with Crippen LogP contribution < -0.4 is 4.74 Å². The fourth-order valence-corrected chi connectivity index (χ4v) is 1.89. The number of hydrogen-bond donors (Lipinski definition) is 1. The number of nitrogens with zero attached hydrogens (tertiary/aromatic N) is 1. The fraction of sp³-hybridized carbons (Fsp3) is 0. The lowest BCUT2D eigenvalue weighted by molar-refractivity contribution is 0.0693. The van der Waals surface area contributed by atoms with Crippen LogP contribution in [0.3, 0.4) is 0 Å². The van der Waals surface area contributed by atoms with Gasteiger partial charge in [-0.05, 0) is 36.4 Å². The first-order valence-electron chi connectivity index (χ1n) is 5.41. The summed E-state index contributed by atoms with van der Waals surface area (Å²) in [7, 11) is 0. The van der Waals surface area contributed by atoms with Crippen molar-refractivity contribution in [1.82, 2.24) is 0 Å². The third-order valence-corrected chi connectivity index (χ3v) is 2.95. The Balaban J connectivity index is 2.48. The number of nitriles is 1. The van der Waals surface area contributed by atoms with Gasteiger partial charge in [0.05, 0.1) is 5.56 Å². The Morgan fingerprint density at radius 3 is 2.65 bits per heavy atom. The van der Waals surface area contributed by atoms with Crippen LogP contribution in [0.25, 0.3) is 0 Å². The number of rotatable bonds is 3. The minimum absolute atomic E-state index is 0.0338. The quantitative estimate of drug-likeness (QED) is 0.921. The molecular weight excluding hydrogens is 329 g/mol. The first-order chi connectivity index (χ1) is 9.51. The van der Waals surface area contributed by atoms with Gasteiger partial charge in [0.15, 0.2) is 0 Å². The van der Waals surface area contributed by atoms with Crippen molar-refractivity contribution in [2.75, 3.05) is 0 Å². The molecule has 0 aliphatic rings. The summed E-state index contributed by atoms with van der Waals surface area (Å²) in [5.41, 5.74) is -0.0669. The van der Waals surface area contributed by atoms with E-state index in [9.17, 15) is 9.18 Å². The molecular formula is C14H7BrFNO3. The van der Waals surface area contributed by atoms with Gasteiger partial charge >= 0.3 is 5.97 Å². The third kappa shape index (κ3) is 2.95. The van der Waals surface area contributed by atoms with E-state index in [0.717, 1.165) is 12.1 Å². The van der Waals surface area contributed by atoms with Crippen molar-refractivity contribution in [3.05, 3.63) is 57.8 Å². The second-order valence-corrected chi connectivity index (χ2v) is 4.72. The van der Waals surface area contributed by atoms with Crippen LogP contribution in [0.4, 0.5) is 4.39 Å². The first kappa shape index (κ1) is 14.0. The SMILES string of the molecule is N#Cc1ccc(Br)cc1Oc1ccc(F)cc1C(=O)O. The van der Waals surface area contributed by atoms with E-state index in [-0.39, 0.29) is 22.6 Å². The summed E-state index contributed by atoms with van der Waals surface area (Å²) >= 11 is 3.23. The van der Waals surface area contributed by atoms with Gasteiger partial charge in [-0.25, -0.2) is 9.18 Å². The number of carbonyl (C=O) groups is 1. The molecule has 0 saturated heterocycles. The van der Waals surface area contributed by atoms with E-state index in [1.54, 1.807) is 6.07 Å². The van der Waals surface area contributed by atoms with Crippen LogP contribution >= 0.6 is 15.9 Å². The Labute approximate surface area is 122 Å². The highest BCUT2D eigenvalue weighted by Gasteiger charge is 2.15. The lowest BCUT2D eigenvalue weighted by Gasteiger charge is -2.10. The van der Waals surface area contributed by atoms with Crippen LogP contribution in [-0.4, -0.2) is 11.1 Å². The van der Waals surface area contributed by atoms with Crippen LogP contribution in [0.5, 0.6) is 11.5 Å². The van der Waals surface area contributed by atoms with Crippen molar-refractivity contribution in [2.24, 2.45) is 0 Å². The average Bonchev–Trinajstić information content (AvgIpc) is 2.41. The van der Waals surface area contributed by atoms with Crippen molar-refractivity contribution in [3.8, 4) is 17.6 Å². The number of benzene rings is 2.